The van der Waals surface area contributed by atoms with E-state index < -0.39 is 34.0 Å². The second-order valence-corrected chi connectivity index (χ2v) is 11.2. The first-order valence-electron chi connectivity index (χ1n) is 12.1. The predicted octanol–water partition coefficient (Wildman–Crippen LogP) is 6.44. The second kappa shape index (κ2) is 10.6. The Labute approximate surface area is 225 Å². The van der Waals surface area contributed by atoms with Crippen molar-refractivity contribution in [3.63, 3.8) is 0 Å². The maximum Gasteiger partial charge on any atom is 0.433 e. The summed E-state index contributed by atoms with van der Waals surface area (Å²) in [6.07, 6.45) is -4.27. The quantitative estimate of drug-likeness (QED) is 0.213. The van der Waals surface area contributed by atoms with Crippen LogP contribution in [0.4, 0.5) is 45.0 Å². The lowest BCUT2D eigenvalue weighted by atomic mass is 10.0. The molecule has 1 saturated heterocycles. The monoisotopic (exact) mass is 582 g/mol. The Bertz CT molecular complexity index is 1650. The second-order valence-electron chi connectivity index (χ2n) is 9.21. The van der Waals surface area contributed by atoms with Crippen LogP contribution < -0.4 is 10.6 Å². The lowest BCUT2D eigenvalue weighted by Gasteiger charge is -2.24. The van der Waals surface area contributed by atoms with Crippen molar-refractivity contribution in [2.75, 3.05) is 23.5 Å². The van der Waals surface area contributed by atoms with Crippen LogP contribution in [0, 0.1) is 0 Å². The number of nitrogens with one attached hydrogen (secondary N) is 3. The maximum atomic E-state index is 13.4. The van der Waals surface area contributed by atoms with Gasteiger partial charge in [0.05, 0.1) is 22.4 Å². The molecule has 0 amide bonds. The minimum Gasteiger partial charge on any atom is -0.374 e. The van der Waals surface area contributed by atoms with Crippen LogP contribution in [0.3, 0.4) is 0 Å². The summed E-state index contributed by atoms with van der Waals surface area (Å²) in [4.78, 5) is 13.9. The molecular formula is C25H23F5N6O3S. The molecule has 15 heteroatoms. The van der Waals surface area contributed by atoms with E-state index in [1.807, 2.05) is 0 Å². The summed E-state index contributed by atoms with van der Waals surface area (Å²) in [6, 6.07) is 9.30. The van der Waals surface area contributed by atoms with Gasteiger partial charge in [0, 0.05) is 18.9 Å². The summed E-state index contributed by atoms with van der Waals surface area (Å²) in [5, 5.41) is 5.58. The number of rotatable bonds is 7. The zero-order chi connectivity index (χ0) is 28.7. The molecule has 1 aliphatic heterocycles. The zero-order valence-electron chi connectivity index (χ0n) is 20.9. The van der Waals surface area contributed by atoms with Gasteiger partial charge in [-0.25, -0.2) is 32.2 Å². The predicted molar refractivity (Wildman–Crippen MR) is 137 cm³/mol. The summed E-state index contributed by atoms with van der Waals surface area (Å²) >= 11 is 0. The maximum absolute atomic E-state index is 13.4. The van der Waals surface area contributed by atoms with Crippen LogP contribution in [-0.4, -0.2) is 41.2 Å². The molecule has 0 saturated carbocycles. The van der Waals surface area contributed by atoms with Gasteiger partial charge < -0.3 is 20.4 Å². The zero-order valence-corrected chi connectivity index (χ0v) is 21.7. The van der Waals surface area contributed by atoms with E-state index in [4.69, 9.17) is 4.74 Å². The molecule has 4 heterocycles. The number of sulfone groups is 1. The van der Waals surface area contributed by atoms with Crippen molar-refractivity contribution in [2.24, 2.45) is 0 Å². The summed E-state index contributed by atoms with van der Waals surface area (Å²) in [5.41, 5.74) is -0.380. The number of nitrogens with zero attached hydrogens (tertiary/aromatic N) is 3. The molecule has 212 valence electrons. The first-order chi connectivity index (χ1) is 18.9. The highest BCUT2D eigenvalue weighted by Gasteiger charge is 2.32. The number of hydrogen-bond donors (Lipinski definition) is 3. The number of aromatic nitrogens is 4. The minimum atomic E-state index is -4.69. The summed E-state index contributed by atoms with van der Waals surface area (Å²) in [5.74, 6) is -0.942. The number of aromatic amines is 1. The lowest BCUT2D eigenvalue weighted by Crippen LogP contribution is -2.13. The molecule has 5 rings (SSSR count). The van der Waals surface area contributed by atoms with Gasteiger partial charge in [0.15, 0.2) is 21.3 Å². The average Bonchev–Trinajstić information content (AvgIpc) is 3.34. The fourth-order valence-corrected chi connectivity index (χ4v) is 5.23. The van der Waals surface area contributed by atoms with E-state index in [2.05, 4.69) is 30.6 Å². The Morgan fingerprint density at radius 3 is 2.48 bits per heavy atom. The van der Waals surface area contributed by atoms with Crippen LogP contribution in [0.25, 0.3) is 11.2 Å². The topological polar surface area (TPSA) is 122 Å². The fourth-order valence-electron chi connectivity index (χ4n) is 4.36. The van der Waals surface area contributed by atoms with Crippen LogP contribution in [0.2, 0.25) is 0 Å². The highest BCUT2D eigenvalue weighted by atomic mass is 32.2. The van der Waals surface area contributed by atoms with E-state index >= 15 is 0 Å². The number of pyridine rings is 2. The van der Waals surface area contributed by atoms with Crippen LogP contribution >= 0.6 is 0 Å². The number of fused-ring (bicyclic) bond motifs is 1. The van der Waals surface area contributed by atoms with Gasteiger partial charge in [-0.3, -0.25) is 0 Å². The van der Waals surface area contributed by atoms with Crippen molar-refractivity contribution in [3.05, 3.63) is 59.5 Å². The Kier molecular flexibility index (Phi) is 7.35. The number of anilines is 4. The van der Waals surface area contributed by atoms with E-state index in [1.54, 1.807) is 6.07 Å². The first-order valence-corrected chi connectivity index (χ1v) is 14.0. The van der Waals surface area contributed by atoms with Crippen molar-refractivity contribution < 1.29 is 35.1 Å². The molecule has 1 unspecified atom stereocenters. The molecule has 3 N–H and O–H groups in total. The van der Waals surface area contributed by atoms with Gasteiger partial charge >= 0.3 is 6.18 Å². The fraction of sp³-hybridized carbons (Fsp3) is 0.320. The van der Waals surface area contributed by atoms with E-state index in [1.165, 1.54) is 24.3 Å². The molecule has 0 aliphatic carbocycles. The number of benzene rings is 1. The van der Waals surface area contributed by atoms with E-state index in [0.717, 1.165) is 37.7 Å². The standard InChI is InChI=1S/C25H23F5N6O3S/c1-40(37,38)17-11-13(16-5-2-3-10-39-16)8-9-14(17)31-15-12-20(34-23-21(15)35-24(36-23)22(26)27)33-19-7-4-6-18(32-19)25(28,29)30/h4,6-9,11-12,16,22H,2-3,5,10H2,1H3,(H3,31,32,33,34,35,36). The van der Waals surface area contributed by atoms with Gasteiger partial charge in [0.1, 0.15) is 22.8 Å². The van der Waals surface area contributed by atoms with Crippen molar-refractivity contribution in [3.8, 4) is 0 Å². The third-order valence-electron chi connectivity index (χ3n) is 6.20. The number of halogens is 5. The van der Waals surface area contributed by atoms with Crippen molar-refractivity contribution in [1.29, 1.82) is 0 Å². The van der Waals surface area contributed by atoms with Crippen LogP contribution in [0.15, 0.2) is 47.4 Å². The van der Waals surface area contributed by atoms with Crippen molar-refractivity contribution in [1.82, 2.24) is 19.9 Å². The molecule has 1 aliphatic rings. The molecule has 9 nitrogen and oxygen atoms in total. The number of alkyl halides is 5. The largest absolute Gasteiger partial charge is 0.433 e. The molecule has 1 atom stereocenters. The van der Waals surface area contributed by atoms with Gasteiger partial charge in [0.25, 0.3) is 6.43 Å². The number of hydrogen-bond acceptors (Lipinski definition) is 8. The normalized spacial score (nSPS) is 16.4. The number of ether oxygens (including phenoxy) is 1. The third-order valence-corrected chi connectivity index (χ3v) is 7.34. The van der Waals surface area contributed by atoms with Gasteiger partial charge in [-0.05, 0) is 49.1 Å². The van der Waals surface area contributed by atoms with Crippen molar-refractivity contribution >= 4 is 44.0 Å². The molecule has 1 aromatic carbocycles. The SMILES string of the molecule is CS(=O)(=O)c1cc(C2CCCCO2)ccc1Nc1cc(Nc2cccc(C(F)(F)F)n2)nc2[nH]c(C(F)F)nc12. The van der Waals surface area contributed by atoms with E-state index in [0.29, 0.717) is 12.2 Å². The van der Waals surface area contributed by atoms with Crippen molar-refractivity contribution in [2.45, 2.75) is 42.9 Å². The summed E-state index contributed by atoms with van der Waals surface area (Å²) in [6.45, 7) is 0.565. The van der Waals surface area contributed by atoms with Gasteiger partial charge in [0.2, 0.25) is 0 Å². The van der Waals surface area contributed by atoms with Gasteiger partial charge in [-0.1, -0.05) is 12.1 Å². The van der Waals surface area contributed by atoms with E-state index in [9.17, 15) is 30.4 Å². The summed E-state index contributed by atoms with van der Waals surface area (Å²) in [7, 11) is -3.77. The highest BCUT2D eigenvalue weighted by Crippen LogP contribution is 2.36. The van der Waals surface area contributed by atoms with Crippen LogP contribution in [0.5, 0.6) is 0 Å². The van der Waals surface area contributed by atoms with Crippen LogP contribution in [0.1, 0.15) is 48.9 Å². The molecular weight excluding hydrogens is 559 g/mol. The molecule has 0 bridgehead atoms. The Morgan fingerprint density at radius 1 is 1.00 bits per heavy atom. The lowest BCUT2D eigenvalue weighted by molar-refractivity contribution is -0.141. The first kappa shape index (κ1) is 27.7. The molecule has 0 spiro atoms. The van der Waals surface area contributed by atoms with Gasteiger partial charge in [-0.15, -0.1) is 0 Å². The number of imidazole rings is 1. The molecule has 1 fully saturated rings. The van der Waals surface area contributed by atoms with E-state index in [-0.39, 0.29) is 45.2 Å². The Hall–Kier alpha value is -3.85. The third kappa shape index (κ3) is 5.99. The highest BCUT2D eigenvalue weighted by molar-refractivity contribution is 7.90. The molecule has 4 aromatic rings. The average molecular weight is 583 g/mol. The Morgan fingerprint density at radius 2 is 1.80 bits per heavy atom. The molecule has 40 heavy (non-hydrogen) atoms. The minimum absolute atomic E-state index is 0.0306. The van der Waals surface area contributed by atoms with Crippen LogP contribution in [-0.2, 0) is 20.8 Å². The Balaban J connectivity index is 1.56. The summed E-state index contributed by atoms with van der Waals surface area (Å²) < 4.78 is 97.5. The molecule has 0 radical (unpaired) electrons. The molecule has 3 aromatic heterocycles. The van der Waals surface area contributed by atoms with Gasteiger partial charge in [-0.2, -0.15) is 13.2 Å². The smallest absolute Gasteiger partial charge is 0.374 e. The number of H-pyrrole nitrogens is 1.